The van der Waals surface area contributed by atoms with E-state index in [0.29, 0.717) is 16.9 Å². The van der Waals surface area contributed by atoms with Crippen LogP contribution in [0, 0.1) is 11.6 Å². The summed E-state index contributed by atoms with van der Waals surface area (Å²) in [6.45, 7) is 0. The van der Waals surface area contributed by atoms with E-state index in [-0.39, 0.29) is 17.1 Å². The molecule has 146 valence electrons. The number of ether oxygens (including phenoxy) is 2. The first-order valence-corrected chi connectivity index (χ1v) is 9.46. The lowest BCUT2D eigenvalue weighted by Crippen LogP contribution is -2.17. The molecule has 0 bridgehead atoms. The van der Waals surface area contributed by atoms with Gasteiger partial charge in [-0.2, -0.15) is 0 Å². The van der Waals surface area contributed by atoms with Gasteiger partial charge in [0.05, 0.1) is 7.11 Å². The quantitative estimate of drug-likeness (QED) is 0.597. The summed E-state index contributed by atoms with van der Waals surface area (Å²) in [5.41, 5.74) is 1.76. The number of benzene rings is 2. The maximum atomic E-state index is 14.1. The topological polar surface area (TPSA) is 52.5 Å². The third-order valence-corrected chi connectivity index (χ3v) is 4.43. The molecule has 1 heterocycles. The minimum Gasteiger partial charge on any atom is -0.491 e. The van der Waals surface area contributed by atoms with E-state index < -0.39 is 11.6 Å². The zero-order valence-corrected chi connectivity index (χ0v) is 16.3. The van der Waals surface area contributed by atoms with Crippen molar-refractivity contribution in [2.75, 3.05) is 18.1 Å². The van der Waals surface area contributed by atoms with E-state index in [4.69, 9.17) is 9.47 Å². The molecule has 0 fully saturated rings. The highest BCUT2D eigenvalue weighted by atomic mass is 32.2. The molecule has 5 nitrogen and oxygen atoms in total. The first-order valence-electron chi connectivity index (χ1n) is 8.24. The Hall–Kier alpha value is -3.00. The second kappa shape index (κ2) is 8.35. The Balaban J connectivity index is 2.14. The fraction of sp³-hybridized carbons (Fsp3) is 0.150. The van der Waals surface area contributed by atoms with Crippen molar-refractivity contribution in [2.24, 2.45) is 7.05 Å². The minimum absolute atomic E-state index is 0.106. The van der Waals surface area contributed by atoms with Crippen LogP contribution in [0.3, 0.4) is 0 Å². The lowest BCUT2D eigenvalue weighted by molar-refractivity contribution is 0.405. The van der Waals surface area contributed by atoms with Gasteiger partial charge in [0, 0.05) is 42.4 Å². The Bertz CT molecular complexity index is 1070. The molecular formula is C20H18F2N2O3S. The number of nitrogens with zero attached hydrogens (tertiary/aromatic N) is 1. The lowest BCUT2D eigenvalue weighted by atomic mass is 10.1. The number of aryl methyl sites for hydroxylation is 1. The number of rotatable bonds is 6. The summed E-state index contributed by atoms with van der Waals surface area (Å²) < 4.78 is 42.6. The van der Waals surface area contributed by atoms with Crippen LogP contribution >= 0.6 is 11.9 Å². The van der Waals surface area contributed by atoms with E-state index in [2.05, 4.69) is 4.72 Å². The largest absolute Gasteiger partial charge is 0.491 e. The van der Waals surface area contributed by atoms with Gasteiger partial charge < -0.3 is 18.8 Å². The van der Waals surface area contributed by atoms with Gasteiger partial charge in [-0.3, -0.25) is 4.79 Å². The van der Waals surface area contributed by atoms with Crippen LogP contribution in [-0.2, 0) is 7.05 Å². The van der Waals surface area contributed by atoms with Gasteiger partial charge in [0.25, 0.3) is 5.56 Å². The van der Waals surface area contributed by atoms with E-state index in [1.807, 2.05) is 12.3 Å². The molecule has 28 heavy (non-hydrogen) atoms. The van der Waals surface area contributed by atoms with Crippen molar-refractivity contribution in [3.05, 3.63) is 70.6 Å². The van der Waals surface area contributed by atoms with Gasteiger partial charge in [-0.25, -0.2) is 8.78 Å². The first kappa shape index (κ1) is 19.8. The molecule has 0 saturated heterocycles. The fourth-order valence-electron chi connectivity index (χ4n) is 2.68. The lowest BCUT2D eigenvalue weighted by Gasteiger charge is -2.15. The molecule has 0 spiro atoms. The molecule has 3 rings (SSSR count). The maximum Gasteiger partial charge on any atom is 0.292 e. The molecule has 0 atom stereocenters. The molecule has 0 unspecified atom stereocenters. The van der Waals surface area contributed by atoms with Crippen LogP contribution in [0.5, 0.6) is 17.2 Å². The van der Waals surface area contributed by atoms with Gasteiger partial charge in [-0.15, -0.1) is 0 Å². The van der Waals surface area contributed by atoms with Crippen LogP contribution in [0.4, 0.5) is 14.5 Å². The molecule has 3 aromatic rings. The van der Waals surface area contributed by atoms with Crippen molar-refractivity contribution in [3.63, 3.8) is 0 Å². The molecule has 0 amide bonds. The van der Waals surface area contributed by atoms with Gasteiger partial charge in [0.2, 0.25) is 0 Å². The zero-order chi connectivity index (χ0) is 20.3. The van der Waals surface area contributed by atoms with Crippen molar-refractivity contribution in [1.82, 2.24) is 4.57 Å². The second-order valence-electron chi connectivity index (χ2n) is 5.91. The van der Waals surface area contributed by atoms with Gasteiger partial charge in [-0.1, -0.05) is 11.9 Å². The second-order valence-corrected chi connectivity index (χ2v) is 6.52. The van der Waals surface area contributed by atoms with Crippen LogP contribution < -0.4 is 19.8 Å². The highest BCUT2D eigenvalue weighted by molar-refractivity contribution is 7.99. The number of hydrogen-bond donors (Lipinski definition) is 1. The molecule has 1 aromatic heterocycles. The molecule has 0 aliphatic heterocycles. The van der Waals surface area contributed by atoms with E-state index in [1.165, 1.54) is 29.7 Å². The van der Waals surface area contributed by atoms with Gasteiger partial charge in [-0.05, 0) is 36.4 Å². The van der Waals surface area contributed by atoms with Crippen molar-refractivity contribution < 1.29 is 18.3 Å². The summed E-state index contributed by atoms with van der Waals surface area (Å²) in [7, 11) is 3.02. The average molecular weight is 404 g/mol. The normalized spacial score (nSPS) is 10.6. The maximum absolute atomic E-state index is 14.1. The van der Waals surface area contributed by atoms with Crippen molar-refractivity contribution in [1.29, 1.82) is 0 Å². The van der Waals surface area contributed by atoms with E-state index in [1.54, 1.807) is 31.4 Å². The standard InChI is InChI=1S/C20H18F2N2O3S/c1-24-11-12(8-19(26-2)20(24)25)15-10-14(23-28-3)5-7-17(15)27-18-6-4-13(21)9-16(18)22/h4-11,23H,1-3H3. The molecular weight excluding hydrogens is 386 g/mol. The first-order chi connectivity index (χ1) is 13.4. The summed E-state index contributed by atoms with van der Waals surface area (Å²) in [6.07, 6.45) is 3.52. The Morgan fingerprint density at radius 1 is 1.04 bits per heavy atom. The molecule has 2 aromatic carbocycles. The Morgan fingerprint density at radius 2 is 1.79 bits per heavy atom. The van der Waals surface area contributed by atoms with E-state index in [9.17, 15) is 13.6 Å². The number of nitrogens with one attached hydrogen (secondary N) is 1. The van der Waals surface area contributed by atoms with Crippen LogP contribution in [0.15, 0.2) is 53.5 Å². The Morgan fingerprint density at radius 3 is 2.46 bits per heavy atom. The molecule has 1 N–H and O–H groups in total. The summed E-state index contributed by atoms with van der Waals surface area (Å²) in [6, 6.07) is 9.96. The van der Waals surface area contributed by atoms with E-state index in [0.717, 1.165) is 17.8 Å². The fourth-order valence-corrected chi connectivity index (χ4v) is 3.04. The Labute approximate surface area is 165 Å². The smallest absolute Gasteiger partial charge is 0.292 e. The van der Waals surface area contributed by atoms with Crippen molar-refractivity contribution >= 4 is 17.6 Å². The number of aromatic nitrogens is 1. The summed E-state index contributed by atoms with van der Waals surface area (Å²) >= 11 is 1.41. The van der Waals surface area contributed by atoms with Crippen molar-refractivity contribution in [2.45, 2.75) is 0 Å². The summed E-state index contributed by atoms with van der Waals surface area (Å²) in [5.74, 6) is -1.09. The monoisotopic (exact) mass is 404 g/mol. The highest BCUT2D eigenvalue weighted by Crippen LogP contribution is 2.37. The minimum atomic E-state index is -0.810. The Kier molecular flexibility index (Phi) is 5.89. The summed E-state index contributed by atoms with van der Waals surface area (Å²) in [4.78, 5) is 12.1. The molecule has 0 saturated carbocycles. The average Bonchev–Trinajstić information content (AvgIpc) is 2.67. The molecule has 0 radical (unpaired) electrons. The number of hydrogen-bond acceptors (Lipinski definition) is 5. The predicted molar refractivity (Wildman–Crippen MR) is 107 cm³/mol. The van der Waals surface area contributed by atoms with Crippen LogP contribution in [-0.4, -0.2) is 17.9 Å². The van der Waals surface area contributed by atoms with Gasteiger partial charge in [0.15, 0.2) is 17.3 Å². The molecule has 0 aliphatic rings. The SMILES string of the molecule is COc1cc(-c2cc(NSC)ccc2Oc2ccc(F)cc2F)cn(C)c1=O. The zero-order valence-electron chi connectivity index (χ0n) is 15.5. The number of methoxy groups -OCH3 is 1. The predicted octanol–water partition coefficient (Wildman–Crippen LogP) is 4.82. The van der Waals surface area contributed by atoms with Crippen LogP contribution in [0.2, 0.25) is 0 Å². The van der Waals surface area contributed by atoms with Crippen LogP contribution in [0.1, 0.15) is 0 Å². The molecule has 8 heteroatoms. The van der Waals surface area contributed by atoms with E-state index >= 15 is 0 Å². The van der Waals surface area contributed by atoms with Crippen LogP contribution in [0.25, 0.3) is 11.1 Å². The number of anilines is 1. The van der Waals surface area contributed by atoms with Gasteiger partial charge in [0.1, 0.15) is 11.6 Å². The number of pyridine rings is 1. The summed E-state index contributed by atoms with van der Waals surface area (Å²) in [5, 5.41) is 0. The number of halogens is 2. The molecule has 0 aliphatic carbocycles. The van der Waals surface area contributed by atoms with Gasteiger partial charge >= 0.3 is 0 Å². The van der Waals surface area contributed by atoms with Crippen molar-refractivity contribution in [3.8, 4) is 28.4 Å². The third kappa shape index (κ3) is 4.12. The third-order valence-electron chi connectivity index (χ3n) is 3.99. The highest BCUT2D eigenvalue weighted by Gasteiger charge is 2.15.